The summed E-state index contributed by atoms with van der Waals surface area (Å²) in [5.41, 5.74) is 2.05. The van der Waals surface area contributed by atoms with Crippen LogP contribution in [0.25, 0.3) is 0 Å². The molecule has 1 aliphatic heterocycles. The summed E-state index contributed by atoms with van der Waals surface area (Å²) in [6.07, 6.45) is 1.45. The van der Waals surface area contributed by atoms with Crippen molar-refractivity contribution in [2.45, 2.75) is 39.3 Å². The Bertz CT molecular complexity index is 910. The monoisotopic (exact) mass is 411 g/mol. The molecule has 1 heterocycles. The smallest absolute Gasteiger partial charge is 0.251 e. The SMILES string of the molecule is CC(C)C(NC(=O)c1ccc(F)cc1)C(=O)NCc1ccc(N2CCCC2=O)cc1. The summed E-state index contributed by atoms with van der Waals surface area (Å²) in [5.74, 6) is -1.14. The largest absolute Gasteiger partial charge is 0.350 e. The van der Waals surface area contributed by atoms with Crippen LogP contribution < -0.4 is 15.5 Å². The minimum atomic E-state index is -0.718. The first-order chi connectivity index (χ1) is 14.3. The summed E-state index contributed by atoms with van der Waals surface area (Å²) in [6.45, 7) is 4.73. The Morgan fingerprint density at radius 1 is 1.07 bits per heavy atom. The van der Waals surface area contributed by atoms with E-state index in [4.69, 9.17) is 0 Å². The van der Waals surface area contributed by atoms with E-state index in [1.54, 1.807) is 4.90 Å². The fraction of sp³-hybridized carbons (Fsp3) is 0.348. The van der Waals surface area contributed by atoms with Crippen molar-refractivity contribution in [1.82, 2.24) is 10.6 Å². The van der Waals surface area contributed by atoms with Crippen LogP contribution in [0.1, 0.15) is 42.6 Å². The number of carbonyl (C=O) groups is 3. The normalized spacial score (nSPS) is 14.7. The van der Waals surface area contributed by atoms with E-state index in [2.05, 4.69) is 10.6 Å². The summed E-state index contributed by atoms with van der Waals surface area (Å²) < 4.78 is 13.0. The summed E-state index contributed by atoms with van der Waals surface area (Å²) in [5, 5.41) is 5.57. The summed E-state index contributed by atoms with van der Waals surface area (Å²) in [6, 6.07) is 12.0. The molecule has 3 rings (SSSR count). The van der Waals surface area contributed by atoms with E-state index in [1.165, 1.54) is 24.3 Å². The minimum Gasteiger partial charge on any atom is -0.350 e. The lowest BCUT2D eigenvalue weighted by Gasteiger charge is -2.22. The maximum absolute atomic E-state index is 13.0. The fourth-order valence-electron chi connectivity index (χ4n) is 3.37. The van der Waals surface area contributed by atoms with Crippen LogP contribution in [-0.2, 0) is 16.1 Å². The first kappa shape index (κ1) is 21.5. The zero-order valence-electron chi connectivity index (χ0n) is 17.2. The van der Waals surface area contributed by atoms with Gasteiger partial charge in [-0.1, -0.05) is 26.0 Å². The molecule has 1 fully saturated rings. The molecule has 1 aliphatic rings. The predicted octanol–water partition coefficient (Wildman–Crippen LogP) is 3.02. The number of amides is 3. The molecule has 0 saturated carbocycles. The number of hydrogen-bond acceptors (Lipinski definition) is 3. The molecule has 158 valence electrons. The lowest BCUT2D eigenvalue weighted by molar-refractivity contribution is -0.124. The first-order valence-electron chi connectivity index (χ1n) is 10.1. The van der Waals surface area contributed by atoms with Gasteiger partial charge in [-0.3, -0.25) is 14.4 Å². The topological polar surface area (TPSA) is 78.5 Å². The maximum atomic E-state index is 13.0. The van der Waals surface area contributed by atoms with Gasteiger partial charge in [0, 0.05) is 30.8 Å². The lowest BCUT2D eigenvalue weighted by Crippen LogP contribution is -2.49. The van der Waals surface area contributed by atoms with Gasteiger partial charge in [-0.05, 0) is 54.3 Å². The fourth-order valence-corrected chi connectivity index (χ4v) is 3.37. The zero-order chi connectivity index (χ0) is 21.7. The van der Waals surface area contributed by atoms with Crippen LogP contribution in [0.5, 0.6) is 0 Å². The van der Waals surface area contributed by atoms with E-state index < -0.39 is 17.8 Å². The van der Waals surface area contributed by atoms with E-state index in [-0.39, 0.29) is 17.7 Å². The van der Waals surface area contributed by atoms with Crippen LogP contribution in [0, 0.1) is 11.7 Å². The van der Waals surface area contributed by atoms with Crippen molar-refractivity contribution in [1.29, 1.82) is 0 Å². The van der Waals surface area contributed by atoms with Crippen LogP contribution in [0.3, 0.4) is 0 Å². The number of carbonyl (C=O) groups excluding carboxylic acids is 3. The second-order valence-corrected chi connectivity index (χ2v) is 7.74. The number of nitrogens with zero attached hydrogens (tertiary/aromatic N) is 1. The van der Waals surface area contributed by atoms with Crippen molar-refractivity contribution in [3.8, 4) is 0 Å². The van der Waals surface area contributed by atoms with Gasteiger partial charge in [0.15, 0.2) is 0 Å². The second-order valence-electron chi connectivity index (χ2n) is 7.74. The Balaban J connectivity index is 1.57. The van der Waals surface area contributed by atoms with Gasteiger partial charge < -0.3 is 15.5 Å². The molecule has 1 saturated heterocycles. The zero-order valence-corrected chi connectivity index (χ0v) is 17.2. The molecular weight excluding hydrogens is 385 g/mol. The molecule has 1 atom stereocenters. The van der Waals surface area contributed by atoms with Crippen molar-refractivity contribution >= 4 is 23.4 Å². The number of benzene rings is 2. The molecule has 0 spiro atoms. The van der Waals surface area contributed by atoms with Crippen molar-refractivity contribution in [3.05, 3.63) is 65.5 Å². The van der Waals surface area contributed by atoms with Crippen molar-refractivity contribution < 1.29 is 18.8 Å². The first-order valence-corrected chi connectivity index (χ1v) is 10.1. The number of hydrogen-bond donors (Lipinski definition) is 2. The Morgan fingerprint density at radius 3 is 2.30 bits per heavy atom. The molecule has 2 aromatic rings. The van der Waals surface area contributed by atoms with Crippen molar-refractivity contribution in [2.24, 2.45) is 5.92 Å². The van der Waals surface area contributed by atoms with Gasteiger partial charge in [0.2, 0.25) is 11.8 Å². The van der Waals surface area contributed by atoms with Gasteiger partial charge in [0.25, 0.3) is 5.91 Å². The molecule has 0 aromatic heterocycles. The van der Waals surface area contributed by atoms with Crippen LogP contribution in [0.4, 0.5) is 10.1 Å². The highest BCUT2D eigenvalue weighted by Crippen LogP contribution is 2.21. The third-order valence-corrected chi connectivity index (χ3v) is 5.13. The average molecular weight is 411 g/mol. The van der Waals surface area contributed by atoms with E-state index in [1.807, 2.05) is 38.1 Å². The Labute approximate surface area is 175 Å². The Kier molecular flexibility index (Phi) is 6.82. The third-order valence-electron chi connectivity index (χ3n) is 5.13. The molecule has 2 aromatic carbocycles. The van der Waals surface area contributed by atoms with Gasteiger partial charge in [-0.15, -0.1) is 0 Å². The molecule has 2 N–H and O–H groups in total. The van der Waals surface area contributed by atoms with Crippen LogP contribution in [0.2, 0.25) is 0 Å². The average Bonchev–Trinajstić information content (AvgIpc) is 3.16. The van der Waals surface area contributed by atoms with Crippen LogP contribution in [0.15, 0.2) is 48.5 Å². The second kappa shape index (κ2) is 9.52. The molecule has 0 aliphatic carbocycles. The molecule has 0 bridgehead atoms. The quantitative estimate of drug-likeness (QED) is 0.735. The number of anilines is 1. The molecule has 3 amide bonds. The van der Waals surface area contributed by atoms with E-state index in [9.17, 15) is 18.8 Å². The predicted molar refractivity (Wildman–Crippen MR) is 112 cm³/mol. The summed E-state index contributed by atoms with van der Waals surface area (Å²) >= 11 is 0. The highest BCUT2D eigenvalue weighted by Gasteiger charge is 2.25. The molecule has 6 nitrogen and oxygen atoms in total. The maximum Gasteiger partial charge on any atom is 0.251 e. The van der Waals surface area contributed by atoms with Gasteiger partial charge in [-0.2, -0.15) is 0 Å². The van der Waals surface area contributed by atoms with Crippen LogP contribution in [-0.4, -0.2) is 30.3 Å². The van der Waals surface area contributed by atoms with Crippen molar-refractivity contribution in [3.63, 3.8) is 0 Å². The lowest BCUT2D eigenvalue weighted by atomic mass is 10.0. The van der Waals surface area contributed by atoms with E-state index >= 15 is 0 Å². The number of rotatable bonds is 7. The van der Waals surface area contributed by atoms with E-state index in [0.29, 0.717) is 18.5 Å². The highest BCUT2D eigenvalue weighted by molar-refractivity contribution is 5.97. The summed E-state index contributed by atoms with van der Waals surface area (Å²) in [4.78, 5) is 38.7. The van der Waals surface area contributed by atoms with Gasteiger partial charge in [-0.25, -0.2) is 4.39 Å². The standard InChI is InChI=1S/C23H26FN3O3/c1-15(2)21(26-22(29)17-7-9-18(24)10-8-17)23(30)25-14-16-5-11-19(12-6-16)27-13-3-4-20(27)28/h5-12,15,21H,3-4,13-14H2,1-2H3,(H,25,30)(H,26,29). The number of nitrogens with one attached hydrogen (secondary N) is 2. The van der Waals surface area contributed by atoms with Gasteiger partial charge in [0.05, 0.1) is 0 Å². The molecular formula is C23H26FN3O3. The molecule has 0 radical (unpaired) electrons. The minimum absolute atomic E-state index is 0.127. The Hall–Kier alpha value is -3.22. The Morgan fingerprint density at radius 2 is 1.73 bits per heavy atom. The summed E-state index contributed by atoms with van der Waals surface area (Å²) in [7, 11) is 0. The third kappa shape index (κ3) is 5.23. The van der Waals surface area contributed by atoms with Crippen LogP contribution >= 0.6 is 0 Å². The number of halogens is 1. The molecule has 30 heavy (non-hydrogen) atoms. The van der Waals surface area contributed by atoms with Gasteiger partial charge >= 0.3 is 0 Å². The highest BCUT2D eigenvalue weighted by atomic mass is 19.1. The van der Waals surface area contributed by atoms with Gasteiger partial charge in [0.1, 0.15) is 11.9 Å². The van der Waals surface area contributed by atoms with E-state index in [0.717, 1.165) is 24.2 Å². The molecule has 7 heteroatoms. The van der Waals surface area contributed by atoms with Crippen molar-refractivity contribution in [2.75, 3.05) is 11.4 Å². The molecule has 1 unspecified atom stereocenters.